The summed E-state index contributed by atoms with van der Waals surface area (Å²) in [5.74, 6) is 8.93. The lowest BCUT2D eigenvalue weighted by atomic mass is 9.96. The van der Waals surface area contributed by atoms with Gasteiger partial charge in [-0.2, -0.15) is 0 Å². The van der Waals surface area contributed by atoms with Gasteiger partial charge in [-0.15, -0.1) is 0 Å². The molecule has 1 aliphatic heterocycles. The van der Waals surface area contributed by atoms with Gasteiger partial charge in [-0.25, -0.2) is 15.8 Å². The molecule has 1 aliphatic carbocycles. The molecule has 20 heavy (non-hydrogen) atoms. The number of hydrazine groups is 1. The Labute approximate surface area is 119 Å². The Morgan fingerprint density at radius 3 is 2.65 bits per heavy atom. The van der Waals surface area contributed by atoms with Crippen LogP contribution in [0.2, 0.25) is 0 Å². The quantitative estimate of drug-likeness (QED) is 0.567. The number of piperidine rings is 1. The zero-order valence-corrected chi connectivity index (χ0v) is 12.1. The Morgan fingerprint density at radius 2 is 2.05 bits per heavy atom. The summed E-state index contributed by atoms with van der Waals surface area (Å²) in [5, 5.41) is 9.87. The molecule has 0 spiro atoms. The summed E-state index contributed by atoms with van der Waals surface area (Å²) in [4.78, 5) is 11.5. The number of aliphatic hydroxyl groups excluding tert-OH is 1. The van der Waals surface area contributed by atoms with Crippen molar-refractivity contribution >= 4 is 11.6 Å². The molecule has 1 saturated heterocycles. The maximum absolute atomic E-state index is 9.87. The van der Waals surface area contributed by atoms with Crippen molar-refractivity contribution in [1.82, 2.24) is 9.97 Å². The Balaban J connectivity index is 1.93. The van der Waals surface area contributed by atoms with Crippen LogP contribution in [0.3, 0.4) is 0 Å². The molecule has 2 fully saturated rings. The van der Waals surface area contributed by atoms with Gasteiger partial charge in [-0.1, -0.05) is 6.92 Å². The Bertz CT molecular complexity index is 503. The van der Waals surface area contributed by atoms with Crippen molar-refractivity contribution in [1.29, 1.82) is 0 Å². The molecular formula is C14H23N5O. The highest BCUT2D eigenvalue weighted by Crippen LogP contribution is 2.40. The van der Waals surface area contributed by atoms with Crippen LogP contribution in [0.1, 0.15) is 43.5 Å². The minimum Gasteiger partial charge on any atom is -0.393 e. The highest BCUT2D eigenvalue weighted by Gasteiger charge is 2.31. The van der Waals surface area contributed by atoms with Gasteiger partial charge in [0.2, 0.25) is 0 Å². The highest BCUT2D eigenvalue weighted by atomic mass is 16.3. The summed E-state index contributed by atoms with van der Waals surface area (Å²) in [6.07, 6.45) is 2.92. The number of nitrogens with one attached hydrogen (secondary N) is 1. The van der Waals surface area contributed by atoms with E-state index in [0.717, 1.165) is 42.5 Å². The Morgan fingerprint density at radius 1 is 1.30 bits per heavy atom. The molecule has 2 unspecified atom stereocenters. The lowest BCUT2D eigenvalue weighted by Gasteiger charge is -2.36. The van der Waals surface area contributed by atoms with E-state index in [1.54, 1.807) is 0 Å². The number of aromatic nitrogens is 2. The van der Waals surface area contributed by atoms with Crippen LogP contribution in [-0.2, 0) is 0 Å². The third-order valence-electron chi connectivity index (χ3n) is 4.38. The largest absolute Gasteiger partial charge is 0.393 e. The normalized spacial score (nSPS) is 26.7. The van der Waals surface area contributed by atoms with Crippen LogP contribution in [0.25, 0.3) is 0 Å². The molecule has 6 heteroatoms. The first-order chi connectivity index (χ1) is 9.60. The first-order valence-corrected chi connectivity index (χ1v) is 7.38. The van der Waals surface area contributed by atoms with Crippen molar-refractivity contribution in [2.75, 3.05) is 23.4 Å². The fraction of sp³-hybridized carbons (Fsp3) is 0.714. The van der Waals surface area contributed by atoms with E-state index in [1.165, 1.54) is 12.8 Å². The molecule has 1 aromatic heterocycles. The van der Waals surface area contributed by atoms with E-state index >= 15 is 0 Å². The lowest BCUT2D eigenvalue weighted by Crippen LogP contribution is -2.42. The molecule has 110 valence electrons. The average Bonchev–Trinajstić information content (AvgIpc) is 3.27. The summed E-state index contributed by atoms with van der Waals surface area (Å²) in [5.41, 5.74) is 3.68. The first-order valence-electron chi connectivity index (χ1n) is 7.38. The summed E-state index contributed by atoms with van der Waals surface area (Å²) in [7, 11) is 0. The number of nitrogens with two attached hydrogens (primary N) is 1. The van der Waals surface area contributed by atoms with Crippen molar-refractivity contribution < 1.29 is 5.11 Å². The molecule has 0 radical (unpaired) electrons. The summed E-state index contributed by atoms with van der Waals surface area (Å²) in [6, 6.07) is 0. The van der Waals surface area contributed by atoms with E-state index < -0.39 is 0 Å². The Hall–Kier alpha value is -1.40. The maximum atomic E-state index is 9.87. The second kappa shape index (κ2) is 5.18. The number of anilines is 2. The number of rotatable bonds is 3. The molecule has 0 bridgehead atoms. The average molecular weight is 277 g/mol. The number of aliphatic hydroxyl groups is 1. The molecule has 6 nitrogen and oxygen atoms in total. The van der Waals surface area contributed by atoms with Crippen LogP contribution in [-0.4, -0.2) is 34.3 Å². The van der Waals surface area contributed by atoms with Gasteiger partial charge in [0.05, 0.1) is 6.10 Å². The van der Waals surface area contributed by atoms with Crippen LogP contribution in [0.5, 0.6) is 0 Å². The van der Waals surface area contributed by atoms with Gasteiger partial charge in [-0.3, -0.25) is 0 Å². The zero-order valence-electron chi connectivity index (χ0n) is 12.1. The molecule has 4 N–H and O–H groups in total. The van der Waals surface area contributed by atoms with Gasteiger partial charge in [0.15, 0.2) is 0 Å². The van der Waals surface area contributed by atoms with Crippen molar-refractivity contribution in [3.05, 3.63) is 11.4 Å². The van der Waals surface area contributed by atoms with Gasteiger partial charge >= 0.3 is 0 Å². The van der Waals surface area contributed by atoms with E-state index in [-0.39, 0.29) is 12.0 Å². The van der Waals surface area contributed by atoms with Crippen LogP contribution in [0, 0.1) is 12.8 Å². The molecule has 1 aromatic rings. The van der Waals surface area contributed by atoms with Crippen LogP contribution >= 0.6 is 0 Å². The van der Waals surface area contributed by atoms with Crippen molar-refractivity contribution in [3.8, 4) is 0 Å². The third-order valence-corrected chi connectivity index (χ3v) is 4.38. The molecule has 2 aliphatic rings. The summed E-state index contributed by atoms with van der Waals surface area (Å²) < 4.78 is 0. The van der Waals surface area contributed by atoms with E-state index in [9.17, 15) is 5.11 Å². The highest BCUT2D eigenvalue weighted by molar-refractivity contribution is 5.58. The predicted molar refractivity (Wildman–Crippen MR) is 78.6 cm³/mol. The minimum absolute atomic E-state index is 0.205. The van der Waals surface area contributed by atoms with E-state index in [0.29, 0.717) is 5.92 Å². The zero-order chi connectivity index (χ0) is 14.3. The third kappa shape index (κ3) is 2.45. The van der Waals surface area contributed by atoms with Crippen LogP contribution < -0.4 is 16.2 Å². The second-order valence-corrected chi connectivity index (χ2v) is 6.08. The molecule has 0 amide bonds. The molecular weight excluding hydrogens is 254 g/mol. The second-order valence-electron chi connectivity index (χ2n) is 6.08. The lowest BCUT2D eigenvalue weighted by molar-refractivity contribution is 0.0968. The standard InChI is InChI=1S/C14H23N5O/c1-8-7-19(6-5-11(8)20)14-9(2)12(18-15)16-13(17-14)10-3-4-10/h8,10-11,20H,3-7,15H2,1-2H3,(H,16,17,18). The van der Waals surface area contributed by atoms with Gasteiger partial charge in [0, 0.05) is 24.6 Å². The Kier molecular flexibility index (Phi) is 3.52. The molecule has 3 rings (SSSR count). The van der Waals surface area contributed by atoms with Crippen LogP contribution in [0.15, 0.2) is 0 Å². The fourth-order valence-corrected chi connectivity index (χ4v) is 2.82. The van der Waals surface area contributed by atoms with Gasteiger partial charge < -0.3 is 15.4 Å². The fourth-order valence-electron chi connectivity index (χ4n) is 2.82. The molecule has 0 aromatic carbocycles. The summed E-state index contributed by atoms with van der Waals surface area (Å²) in [6.45, 7) is 5.73. The number of nitrogens with zero attached hydrogens (tertiary/aromatic N) is 3. The monoisotopic (exact) mass is 277 g/mol. The number of hydrogen-bond acceptors (Lipinski definition) is 6. The maximum Gasteiger partial charge on any atom is 0.148 e. The summed E-state index contributed by atoms with van der Waals surface area (Å²) >= 11 is 0. The molecule has 1 saturated carbocycles. The number of hydrogen-bond donors (Lipinski definition) is 3. The predicted octanol–water partition coefficient (Wildman–Crippen LogP) is 1.16. The first kappa shape index (κ1) is 13.6. The van der Waals surface area contributed by atoms with Gasteiger partial charge in [0.1, 0.15) is 17.5 Å². The molecule has 2 atom stereocenters. The van der Waals surface area contributed by atoms with Crippen molar-refractivity contribution in [2.24, 2.45) is 11.8 Å². The van der Waals surface area contributed by atoms with E-state index in [4.69, 9.17) is 10.8 Å². The smallest absolute Gasteiger partial charge is 0.148 e. The molecule has 2 heterocycles. The van der Waals surface area contributed by atoms with E-state index in [1.807, 2.05) is 6.92 Å². The SMILES string of the molecule is Cc1c(NN)nc(C2CC2)nc1N1CCC(O)C(C)C1. The van der Waals surface area contributed by atoms with Gasteiger partial charge in [-0.05, 0) is 32.1 Å². The topological polar surface area (TPSA) is 87.3 Å². The van der Waals surface area contributed by atoms with Crippen LogP contribution in [0.4, 0.5) is 11.6 Å². The van der Waals surface area contributed by atoms with E-state index in [2.05, 4.69) is 22.2 Å². The minimum atomic E-state index is -0.205. The van der Waals surface area contributed by atoms with Gasteiger partial charge in [0.25, 0.3) is 0 Å². The van der Waals surface area contributed by atoms with Crippen molar-refractivity contribution in [2.45, 2.75) is 45.1 Å². The van der Waals surface area contributed by atoms with Crippen molar-refractivity contribution in [3.63, 3.8) is 0 Å². The number of nitrogen functional groups attached to an aromatic ring is 1.